The molecule has 6 heteroatoms. The third-order valence-corrected chi connectivity index (χ3v) is 2.74. The molecule has 0 amide bonds. The van der Waals surface area contributed by atoms with Crippen LogP contribution >= 0.6 is 23.2 Å². The van der Waals surface area contributed by atoms with Crippen molar-refractivity contribution in [3.05, 3.63) is 40.1 Å². The van der Waals surface area contributed by atoms with Crippen molar-refractivity contribution in [2.75, 3.05) is 0 Å². The van der Waals surface area contributed by atoms with Gasteiger partial charge in [0, 0.05) is 10.0 Å². The van der Waals surface area contributed by atoms with Crippen LogP contribution in [-0.4, -0.2) is 20.2 Å². The molecule has 1 unspecified atom stereocenters. The van der Waals surface area contributed by atoms with E-state index in [2.05, 4.69) is 15.5 Å². The predicted octanol–water partition coefficient (Wildman–Crippen LogP) is 2.59. The standard InChI is InChI=1S/C9H8Cl2N4/c1-6(15-5-12-13-14-15)8-3-2-7(10)4-9(8)11/h2-6H,1H3. The molecule has 0 aliphatic heterocycles. The minimum absolute atomic E-state index is 0.00948. The number of aromatic nitrogens is 4. The SMILES string of the molecule is CC(c1ccc(Cl)cc1Cl)n1cnnn1. The molecule has 0 fully saturated rings. The minimum Gasteiger partial charge on any atom is -0.225 e. The van der Waals surface area contributed by atoms with Crippen LogP contribution in [0.1, 0.15) is 18.5 Å². The summed E-state index contributed by atoms with van der Waals surface area (Å²) < 4.78 is 1.63. The normalized spacial score (nSPS) is 12.7. The molecular formula is C9H8Cl2N4. The maximum atomic E-state index is 6.07. The zero-order valence-electron chi connectivity index (χ0n) is 7.93. The van der Waals surface area contributed by atoms with Crippen molar-refractivity contribution >= 4 is 23.2 Å². The molecule has 1 atom stereocenters. The molecule has 2 rings (SSSR count). The van der Waals surface area contributed by atoms with Crippen molar-refractivity contribution < 1.29 is 0 Å². The van der Waals surface area contributed by atoms with Crippen LogP contribution in [0.25, 0.3) is 0 Å². The van der Waals surface area contributed by atoms with Crippen molar-refractivity contribution in [1.29, 1.82) is 0 Å². The Bertz CT molecular complexity index is 455. The monoisotopic (exact) mass is 242 g/mol. The first kappa shape index (κ1) is 10.4. The van der Waals surface area contributed by atoms with E-state index in [1.165, 1.54) is 0 Å². The Kier molecular flexibility index (Phi) is 2.88. The fourth-order valence-electron chi connectivity index (χ4n) is 1.33. The molecule has 2 aromatic rings. The van der Waals surface area contributed by atoms with Gasteiger partial charge in [-0.2, -0.15) is 0 Å². The van der Waals surface area contributed by atoms with E-state index < -0.39 is 0 Å². The van der Waals surface area contributed by atoms with Gasteiger partial charge < -0.3 is 0 Å². The van der Waals surface area contributed by atoms with E-state index >= 15 is 0 Å². The van der Waals surface area contributed by atoms with Gasteiger partial charge in [0.25, 0.3) is 0 Å². The van der Waals surface area contributed by atoms with E-state index in [9.17, 15) is 0 Å². The van der Waals surface area contributed by atoms with Gasteiger partial charge in [0.15, 0.2) is 0 Å². The summed E-state index contributed by atoms with van der Waals surface area (Å²) in [5.74, 6) is 0. The zero-order valence-corrected chi connectivity index (χ0v) is 9.44. The number of tetrazole rings is 1. The summed E-state index contributed by atoms with van der Waals surface area (Å²) in [6.45, 7) is 1.96. The second-order valence-electron chi connectivity index (χ2n) is 3.13. The van der Waals surface area contributed by atoms with Crippen LogP contribution < -0.4 is 0 Å². The second kappa shape index (κ2) is 4.16. The number of benzene rings is 1. The Morgan fingerprint density at radius 3 is 2.73 bits per heavy atom. The summed E-state index contributed by atoms with van der Waals surface area (Å²) in [7, 11) is 0. The van der Waals surface area contributed by atoms with E-state index in [1.54, 1.807) is 23.1 Å². The molecule has 0 bridgehead atoms. The van der Waals surface area contributed by atoms with Crippen molar-refractivity contribution in [1.82, 2.24) is 20.2 Å². The van der Waals surface area contributed by atoms with Gasteiger partial charge >= 0.3 is 0 Å². The van der Waals surface area contributed by atoms with Gasteiger partial charge in [0.05, 0.1) is 6.04 Å². The highest BCUT2D eigenvalue weighted by molar-refractivity contribution is 6.35. The number of hydrogen-bond donors (Lipinski definition) is 0. The number of nitrogens with zero attached hydrogens (tertiary/aromatic N) is 4. The Morgan fingerprint density at radius 2 is 2.13 bits per heavy atom. The molecule has 1 aromatic carbocycles. The highest BCUT2D eigenvalue weighted by Crippen LogP contribution is 2.27. The van der Waals surface area contributed by atoms with Crippen LogP contribution in [-0.2, 0) is 0 Å². The molecule has 1 aromatic heterocycles. The summed E-state index contributed by atoms with van der Waals surface area (Å²) in [6.07, 6.45) is 1.55. The molecule has 0 spiro atoms. The minimum atomic E-state index is -0.00948. The Balaban J connectivity index is 2.38. The van der Waals surface area contributed by atoms with Gasteiger partial charge in [0.1, 0.15) is 6.33 Å². The molecule has 15 heavy (non-hydrogen) atoms. The highest BCUT2D eigenvalue weighted by Gasteiger charge is 2.12. The van der Waals surface area contributed by atoms with E-state index in [-0.39, 0.29) is 6.04 Å². The number of rotatable bonds is 2. The first-order valence-corrected chi connectivity index (χ1v) is 5.11. The second-order valence-corrected chi connectivity index (χ2v) is 3.98. The molecule has 78 valence electrons. The molecule has 0 radical (unpaired) electrons. The van der Waals surface area contributed by atoms with Crippen molar-refractivity contribution in [2.24, 2.45) is 0 Å². The van der Waals surface area contributed by atoms with E-state index in [4.69, 9.17) is 23.2 Å². The van der Waals surface area contributed by atoms with Crippen molar-refractivity contribution in [3.8, 4) is 0 Å². The Hall–Kier alpha value is -1.13. The smallest absolute Gasteiger partial charge is 0.138 e. The van der Waals surface area contributed by atoms with Crippen LogP contribution in [0.2, 0.25) is 10.0 Å². The molecule has 4 nitrogen and oxygen atoms in total. The summed E-state index contributed by atoms with van der Waals surface area (Å²) >= 11 is 11.9. The van der Waals surface area contributed by atoms with Crippen LogP contribution in [0.3, 0.4) is 0 Å². The quantitative estimate of drug-likeness (QED) is 0.814. The summed E-state index contributed by atoms with van der Waals surface area (Å²) in [6, 6.07) is 5.37. The average Bonchev–Trinajstić information content (AvgIpc) is 2.69. The molecule has 0 aliphatic carbocycles. The van der Waals surface area contributed by atoms with Gasteiger partial charge in [-0.1, -0.05) is 29.3 Å². The first-order chi connectivity index (χ1) is 7.18. The van der Waals surface area contributed by atoms with Crippen molar-refractivity contribution in [3.63, 3.8) is 0 Å². The van der Waals surface area contributed by atoms with Gasteiger partial charge in [-0.25, -0.2) is 4.68 Å². The van der Waals surface area contributed by atoms with Gasteiger partial charge in [-0.15, -0.1) is 5.10 Å². The molecule has 1 heterocycles. The maximum Gasteiger partial charge on any atom is 0.138 e. The van der Waals surface area contributed by atoms with E-state index in [0.29, 0.717) is 10.0 Å². The van der Waals surface area contributed by atoms with Crippen LogP contribution in [0, 0.1) is 0 Å². The molecule has 0 aliphatic rings. The number of halogens is 2. The topological polar surface area (TPSA) is 43.6 Å². The third kappa shape index (κ3) is 2.11. The van der Waals surface area contributed by atoms with Crippen molar-refractivity contribution in [2.45, 2.75) is 13.0 Å². The average molecular weight is 243 g/mol. The third-order valence-electron chi connectivity index (χ3n) is 2.17. The Morgan fingerprint density at radius 1 is 1.33 bits per heavy atom. The zero-order chi connectivity index (χ0) is 10.8. The lowest BCUT2D eigenvalue weighted by Crippen LogP contribution is -2.08. The van der Waals surface area contributed by atoms with E-state index in [0.717, 1.165) is 5.56 Å². The highest BCUT2D eigenvalue weighted by atomic mass is 35.5. The van der Waals surface area contributed by atoms with Gasteiger partial charge in [-0.05, 0) is 35.0 Å². The lowest BCUT2D eigenvalue weighted by molar-refractivity contribution is 0.543. The largest absolute Gasteiger partial charge is 0.225 e. The molecule has 0 N–H and O–H groups in total. The predicted molar refractivity (Wildman–Crippen MR) is 58.1 cm³/mol. The summed E-state index contributed by atoms with van der Waals surface area (Å²) in [5.41, 5.74) is 0.938. The fourth-order valence-corrected chi connectivity index (χ4v) is 1.90. The summed E-state index contributed by atoms with van der Waals surface area (Å²) in [4.78, 5) is 0. The van der Waals surface area contributed by atoms with Gasteiger partial charge in [-0.3, -0.25) is 0 Å². The fraction of sp³-hybridized carbons (Fsp3) is 0.222. The number of hydrogen-bond acceptors (Lipinski definition) is 3. The lowest BCUT2D eigenvalue weighted by atomic mass is 10.1. The van der Waals surface area contributed by atoms with Crippen LogP contribution in [0.15, 0.2) is 24.5 Å². The Labute approximate surface area is 96.8 Å². The maximum absolute atomic E-state index is 6.07. The molecule has 0 saturated carbocycles. The van der Waals surface area contributed by atoms with Gasteiger partial charge in [0.2, 0.25) is 0 Å². The summed E-state index contributed by atoms with van der Waals surface area (Å²) in [5, 5.41) is 12.2. The van der Waals surface area contributed by atoms with E-state index in [1.807, 2.05) is 13.0 Å². The lowest BCUT2D eigenvalue weighted by Gasteiger charge is -2.12. The molecular weight excluding hydrogens is 235 g/mol. The molecule has 0 saturated heterocycles. The van der Waals surface area contributed by atoms with Crippen LogP contribution in [0.4, 0.5) is 0 Å². The van der Waals surface area contributed by atoms with Crippen LogP contribution in [0.5, 0.6) is 0 Å². The first-order valence-electron chi connectivity index (χ1n) is 4.36.